The highest BCUT2D eigenvalue weighted by Crippen LogP contribution is 2.23. The Labute approximate surface area is 124 Å². The Kier molecular flexibility index (Phi) is 4.93. The van der Waals surface area contributed by atoms with Gasteiger partial charge in [0.1, 0.15) is 11.6 Å². The first-order valence-corrected chi connectivity index (χ1v) is 7.36. The van der Waals surface area contributed by atoms with Crippen molar-refractivity contribution >= 4 is 11.6 Å². The van der Waals surface area contributed by atoms with Crippen LogP contribution in [-0.2, 0) is 4.79 Å². The smallest absolute Gasteiger partial charge is 0.241 e. The number of anilines is 1. The van der Waals surface area contributed by atoms with E-state index < -0.39 is 11.6 Å². The molecule has 1 amide bonds. The molecule has 0 unspecified atom stereocenters. The summed E-state index contributed by atoms with van der Waals surface area (Å²) in [4.78, 5) is 14.4. The molecule has 1 aliphatic heterocycles. The summed E-state index contributed by atoms with van der Waals surface area (Å²) >= 11 is 0. The second-order valence-corrected chi connectivity index (χ2v) is 6.19. The molecular weight excluding hydrogens is 274 g/mol. The quantitative estimate of drug-likeness (QED) is 0.928. The average Bonchev–Trinajstić information content (AvgIpc) is 2.40. The van der Waals surface area contributed by atoms with Crippen molar-refractivity contribution in [3.05, 3.63) is 29.8 Å². The highest BCUT2D eigenvalue weighted by atomic mass is 19.1. The first-order valence-electron chi connectivity index (χ1n) is 7.36. The third-order valence-electron chi connectivity index (χ3n) is 4.01. The number of nitrogens with zero attached hydrogens (tertiary/aromatic N) is 1. The zero-order valence-corrected chi connectivity index (χ0v) is 12.7. The predicted octanol–water partition coefficient (Wildman–Crippen LogP) is 3.27. The van der Waals surface area contributed by atoms with Gasteiger partial charge in [-0.3, -0.25) is 9.69 Å². The largest absolute Gasteiger partial charge is 0.322 e. The van der Waals surface area contributed by atoms with E-state index in [2.05, 4.69) is 24.1 Å². The fourth-order valence-electron chi connectivity index (χ4n) is 3.02. The number of carbonyl (C=O) groups is 1. The molecule has 0 saturated carbocycles. The van der Waals surface area contributed by atoms with Gasteiger partial charge in [-0.05, 0) is 37.3 Å². The molecule has 1 N–H and O–H groups in total. The van der Waals surface area contributed by atoms with Gasteiger partial charge in [-0.2, -0.15) is 0 Å². The molecule has 0 aromatic heterocycles. The second kappa shape index (κ2) is 6.52. The first-order chi connectivity index (χ1) is 9.86. The number of hydrogen-bond acceptors (Lipinski definition) is 2. The van der Waals surface area contributed by atoms with Crippen LogP contribution in [0.4, 0.5) is 14.5 Å². The standard InChI is InChI=1S/C16H22F2N2O/c1-10-6-11(2)9-20(8-10)12(3)16(21)19-15-5-4-13(17)7-14(15)18/h4-5,7,10-12H,6,8-9H2,1-3H3,(H,19,21)/t10-,11-,12+/m1/s1. The Bertz CT molecular complexity index is 511. The van der Waals surface area contributed by atoms with Gasteiger partial charge in [0, 0.05) is 19.2 Å². The number of nitrogens with one attached hydrogen (secondary N) is 1. The van der Waals surface area contributed by atoms with E-state index in [1.807, 2.05) is 6.92 Å². The van der Waals surface area contributed by atoms with E-state index in [9.17, 15) is 13.6 Å². The van der Waals surface area contributed by atoms with Gasteiger partial charge >= 0.3 is 0 Å². The Balaban J connectivity index is 2.02. The van der Waals surface area contributed by atoms with Gasteiger partial charge in [-0.15, -0.1) is 0 Å². The highest BCUT2D eigenvalue weighted by Gasteiger charge is 2.29. The maximum atomic E-state index is 13.6. The topological polar surface area (TPSA) is 32.3 Å². The lowest BCUT2D eigenvalue weighted by Crippen LogP contribution is -2.48. The molecule has 1 heterocycles. The lowest BCUT2D eigenvalue weighted by molar-refractivity contribution is -0.121. The van der Waals surface area contributed by atoms with Gasteiger partial charge in [0.2, 0.25) is 5.91 Å². The van der Waals surface area contributed by atoms with Crippen molar-refractivity contribution in [1.29, 1.82) is 0 Å². The molecule has 0 bridgehead atoms. The number of benzene rings is 1. The number of piperidine rings is 1. The van der Waals surface area contributed by atoms with E-state index in [1.165, 1.54) is 6.07 Å². The zero-order chi connectivity index (χ0) is 15.6. The van der Waals surface area contributed by atoms with Crippen molar-refractivity contribution in [3.8, 4) is 0 Å². The minimum absolute atomic E-state index is 0.0198. The predicted molar refractivity (Wildman–Crippen MR) is 79.0 cm³/mol. The van der Waals surface area contributed by atoms with Gasteiger partial charge in [-0.25, -0.2) is 8.78 Å². The van der Waals surface area contributed by atoms with E-state index in [0.717, 1.165) is 31.6 Å². The summed E-state index contributed by atoms with van der Waals surface area (Å²) in [6.07, 6.45) is 1.16. The summed E-state index contributed by atoms with van der Waals surface area (Å²) in [6.45, 7) is 7.90. The van der Waals surface area contributed by atoms with E-state index in [1.54, 1.807) is 0 Å². The lowest BCUT2D eigenvalue weighted by Gasteiger charge is -2.38. The second-order valence-electron chi connectivity index (χ2n) is 6.19. The molecule has 0 spiro atoms. The highest BCUT2D eigenvalue weighted by molar-refractivity contribution is 5.94. The number of carbonyl (C=O) groups excluding carboxylic acids is 1. The molecule has 2 rings (SSSR count). The van der Waals surface area contributed by atoms with Crippen LogP contribution in [0.3, 0.4) is 0 Å². The molecule has 1 saturated heterocycles. The number of rotatable bonds is 3. The van der Waals surface area contributed by atoms with Gasteiger partial charge < -0.3 is 5.32 Å². The number of amides is 1. The fraction of sp³-hybridized carbons (Fsp3) is 0.562. The maximum absolute atomic E-state index is 13.6. The Morgan fingerprint density at radius 3 is 2.48 bits per heavy atom. The van der Waals surface area contributed by atoms with Crippen LogP contribution in [-0.4, -0.2) is 29.9 Å². The molecule has 3 nitrogen and oxygen atoms in total. The van der Waals surface area contributed by atoms with Crippen LogP contribution in [0.1, 0.15) is 27.2 Å². The normalized spacial score (nSPS) is 24.6. The molecule has 1 aliphatic rings. The van der Waals surface area contributed by atoms with Gasteiger partial charge in [0.05, 0.1) is 11.7 Å². The number of halogens is 2. The average molecular weight is 296 g/mol. The summed E-state index contributed by atoms with van der Waals surface area (Å²) in [7, 11) is 0. The van der Waals surface area contributed by atoms with Crippen LogP contribution in [0, 0.1) is 23.5 Å². The van der Waals surface area contributed by atoms with Crippen molar-refractivity contribution in [2.75, 3.05) is 18.4 Å². The van der Waals surface area contributed by atoms with E-state index >= 15 is 0 Å². The van der Waals surface area contributed by atoms with Crippen molar-refractivity contribution < 1.29 is 13.6 Å². The summed E-state index contributed by atoms with van der Waals surface area (Å²) < 4.78 is 26.4. The Morgan fingerprint density at radius 1 is 1.29 bits per heavy atom. The number of hydrogen-bond donors (Lipinski definition) is 1. The van der Waals surface area contributed by atoms with Crippen molar-refractivity contribution in [2.24, 2.45) is 11.8 Å². The van der Waals surface area contributed by atoms with E-state index in [-0.39, 0.29) is 17.6 Å². The molecule has 0 aliphatic carbocycles. The molecule has 5 heteroatoms. The monoisotopic (exact) mass is 296 g/mol. The first kappa shape index (κ1) is 15.9. The van der Waals surface area contributed by atoms with Gasteiger partial charge in [0.25, 0.3) is 0 Å². The SMILES string of the molecule is C[C@@H]1C[C@@H](C)CN([C@@H](C)C(=O)Nc2ccc(F)cc2F)C1. The van der Waals surface area contributed by atoms with Crippen LogP contribution in [0.5, 0.6) is 0 Å². The van der Waals surface area contributed by atoms with Crippen LogP contribution in [0.25, 0.3) is 0 Å². The number of likely N-dealkylation sites (tertiary alicyclic amines) is 1. The van der Waals surface area contributed by atoms with Crippen LogP contribution in [0.2, 0.25) is 0 Å². The fourth-order valence-corrected chi connectivity index (χ4v) is 3.02. The Morgan fingerprint density at radius 2 is 1.90 bits per heavy atom. The molecule has 1 aromatic carbocycles. The lowest BCUT2D eigenvalue weighted by atomic mass is 9.91. The van der Waals surface area contributed by atoms with Crippen molar-refractivity contribution in [1.82, 2.24) is 4.90 Å². The third-order valence-corrected chi connectivity index (χ3v) is 4.01. The van der Waals surface area contributed by atoms with Crippen LogP contribution in [0.15, 0.2) is 18.2 Å². The molecule has 116 valence electrons. The minimum atomic E-state index is -0.754. The van der Waals surface area contributed by atoms with Gasteiger partial charge in [0.15, 0.2) is 0 Å². The van der Waals surface area contributed by atoms with Gasteiger partial charge in [-0.1, -0.05) is 13.8 Å². The third kappa shape index (κ3) is 4.00. The zero-order valence-electron chi connectivity index (χ0n) is 12.7. The van der Waals surface area contributed by atoms with E-state index in [4.69, 9.17) is 0 Å². The van der Waals surface area contributed by atoms with Crippen molar-refractivity contribution in [2.45, 2.75) is 33.2 Å². The van der Waals surface area contributed by atoms with Crippen LogP contribution >= 0.6 is 0 Å². The van der Waals surface area contributed by atoms with Crippen LogP contribution < -0.4 is 5.32 Å². The molecule has 3 atom stereocenters. The summed E-state index contributed by atoms with van der Waals surface area (Å²) in [6, 6.07) is 2.82. The molecule has 1 aromatic rings. The molecular formula is C16H22F2N2O. The molecule has 0 radical (unpaired) electrons. The van der Waals surface area contributed by atoms with Crippen molar-refractivity contribution in [3.63, 3.8) is 0 Å². The summed E-state index contributed by atoms with van der Waals surface area (Å²) in [5.41, 5.74) is 0.0198. The minimum Gasteiger partial charge on any atom is -0.322 e. The summed E-state index contributed by atoms with van der Waals surface area (Å²) in [5, 5.41) is 2.54. The summed E-state index contributed by atoms with van der Waals surface area (Å²) in [5.74, 6) is -0.576. The molecule has 21 heavy (non-hydrogen) atoms. The maximum Gasteiger partial charge on any atom is 0.241 e. The van der Waals surface area contributed by atoms with E-state index in [0.29, 0.717) is 11.8 Å². The Hall–Kier alpha value is -1.49. The molecule has 1 fully saturated rings.